The third-order valence-corrected chi connectivity index (χ3v) is 7.80. The monoisotopic (exact) mass is 500 g/mol. The van der Waals surface area contributed by atoms with Crippen LogP contribution in [0.2, 0.25) is 0 Å². The second-order valence-electron chi connectivity index (χ2n) is 10.4. The van der Waals surface area contributed by atoms with Gasteiger partial charge < -0.3 is 15.7 Å². The number of amides is 1. The molecule has 0 radical (unpaired) electrons. The van der Waals surface area contributed by atoms with Crippen molar-refractivity contribution in [2.45, 2.75) is 76.3 Å². The minimum atomic E-state index is -0.875. The fraction of sp³-hybridized carbons (Fsp3) is 0.433. The van der Waals surface area contributed by atoms with E-state index >= 15 is 0 Å². The predicted octanol–water partition coefficient (Wildman–Crippen LogP) is 5.92. The molecule has 1 fully saturated rings. The Kier molecular flexibility index (Phi) is 7.87. The Morgan fingerprint density at radius 3 is 2.59 bits per heavy atom. The molecule has 7 heteroatoms. The molecular weight excluding hydrogens is 464 g/mol. The van der Waals surface area contributed by atoms with Gasteiger partial charge in [-0.25, -0.2) is 4.98 Å². The molecule has 0 saturated heterocycles. The van der Waals surface area contributed by atoms with Crippen LogP contribution in [0.4, 0.5) is 5.82 Å². The van der Waals surface area contributed by atoms with Crippen LogP contribution < -0.4 is 10.6 Å². The fourth-order valence-corrected chi connectivity index (χ4v) is 5.80. The van der Waals surface area contributed by atoms with Gasteiger partial charge in [-0.1, -0.05) is 61.7 Å². The first-order chi connectivity index (χ1) is 18.1. The number of carboxylic acids is 1. The van der Waals surface area contributed by atoms with Gasteiger partial charge in [0, 0.05) is 30.3 Å². The van der Waals surface area contributed by atoms with Gasteiger partial charge in [0.25, 0.3) is 5.91 Å². The van der Waals surface area contributed by atoms with Crippen LogP contribution >= 0.6 is 0 Å². The number of carbonyl (C=O) groups excluding carboxylic acids is 1. The maximum atomic E-state index is 13.3. The molecule has 37 heavy (non-hydrogen) atoms. The number of fused-ring (bicyclic) bond motifs is 1. The molecule has 7 nitrogen and oxygen atoms in total. The Morgan fingerprint density at radius 1 is 1.05 bits per heavy atom. The van der Waals surface area contributed by atoms with Crippen molar-refractivity contribution in [3.63, 3.8) is 0 Å². The molecule has 194 valence electrons. The highest BCUT2D eigenvalue weighted by molar-refractivity contribution is 5.95. The third-order valence-electron chi connectivity index (χ3n) is 7.80. The molecule has 1 amide bonds. The van der Waals surface area contributed by atoms with E-state index in [2.05, 4.69) is 34.9 Å². The van der Waals surface area contributed by atoms with Crippen molar-refractivity contribution in [3.05, 3.63) is 77.6 Å². The van der Waals surface area contributed by atoms with Crippen LogP contribution in [0.3, 0.4) is 0 Å². The van der Waals surface area contributed by atoms with E-state index < -0.39 is 5.97 Å². The van der Waals surface area contributed by atoms with E-state index in [1.807, 2.05) is 34.9 Å². The number of nitrogens with zero attached hydrogens (tertiary/aromatic N) is 2. The van der Waals surface area contributed by atoms with Gasteiger partial charge >= 0.3 is 5.97 Å². The van der Waals surface area contributed by atoms with E-state index in [9.17, 15) is 14.7 Å². The Morgan fingerprint density at radius 2 is 1.86 bits per heavy atom. The molecule has 0 aliphatic heterocycles. The zero-order valence-electron chi connectivity index (χ0n) is 21.2. The van der Waals surface area contributed by atoms with E-state index in [-0.39, 0.29) is 24.3 Å². The lowest BCUT2D eigenvalue weighted by Gasteiger charge is -2.30. The first-order valence-electron chi connectivity index (χ1n) is 13.6. The molecule has 1 aromatic carbocycles. The number of carboxylic acid groups (broad SMARTS) is 1. The lowest BCUT2D eigenvalue weighted by molar-refractivity contribution is -0.137. The quantitative estimate of drug-likeness (QED) is 0.317. The molecule has 0 spiro atoms. The summed E-state index contributed by atoms with van der Waals surface area (Å²) in [5.74, 6) is 0.399. The summed E-state index contributed by atoms with van der Waals surface area (Å²) in [4.78, 5) is 29.8. The fourth-order valence-electron chi connectivity index (χ4n) is 5.80. The first-order valence-corrected chi connectivity index (χ1v) is 13.6. The normalized spacial score (nSPS) is 19.0. The van der Waals surface area contributed by atoms with Gasteiger partial charge in [-0.15, -0.1) is 0 Å². The maximum absolute atomic E-state index is 13.3. The van der Waals surface area contributed by atoms with Crippen molar-refractivity contribution in [2.75, 3.05) is 5.32 Å². The van der Waals surface area contributed by atoms with E-state index in [4.69, 9.17) is 4.98 Å². The second-order valence-corrected chi connectivity index (χ2v) is 10.4. The SMILES string of the molecule is O=C(O)CC(NC(=O)c1ccn2c(NCc3ccccc3)c(C3CC=CCC3)nc2c1)C1CCCCC1. The average molecular weight is 501 g/mol. The van der Waals surface area contributed by atoms with Crippen molar-refractivity contribution in [1.82, 2.24) is 14.7 Å². The molecule has 1 saturated carbocycles. The molecule has 3 N–H and O–H groups in total. The standard InChI is InChI=1S/C30H36N4O3/c35-27(36)19-25(22-12-6-2-7-13-22)32-30(37)24-16-17-34-26(18-24)33-28(23-14-8-3-9-15-23)29(34)31-20-21-10-4-1-5-11-21/h1,3-5,8,10-11,16-18,22-23,25,31H,2,6-7,9,12-15,19-20H2,(H,32,37)(H,35,36). The third kappa shape index (κ3) is 6.04. The summed E-state index contributed by atoms with van der Waals surface area (Å²) in [6.07, 6.45) is 14.6. The summed E-state index contributed by atoms with van der Waals surface area (Å²) < 4.78 is 2.03. The van der Waals surface area contributed by atoms with Crippen LogP contribution in [-0.4, -0.2) is 32.4 Å². The summed E-state index contributed by atoms with van der Waals surface area (Å²) >= 11 is 0. The number of allylic oxidation sites excluding steroid dienone is 2. The largest absolute Gasteiger partial charge is 0.481 e. The molecule has 0 bridgehead atoms. The van der Waals surface area contributed by atoms with Gasteiger partial charge in [0.05, 0.1) is 12.1 Å². The molecule has 3 aromatic rings. The molecule has 2 unspecified atom stereocenters. The topological polar surface area (TPSA) is 95.7 Å². The van der Waals surface area contributed by atoms with Crippen LogP contribution in [0.1, 0.15) is 85.3 Å². The van der Waals surface area contributed by atoms with Crippen molar-refractivity contribution in [1.29, 1.82) is 0 Å². The Hall–Kier alpha value is -3.61. The van der Waals surface area contributed by atoms with Gasteiger partial charge in [-0.2, -0.15) is 0 Å². The highest BCUT2D eigenvalue weighted by Crippen LogP contribution is 2.34. The van der Waals surface area contributed by atoms with Gasteiger partial charge in [-0.05, 0) is 55.7 Å². The average Bonchev–Trinajstić information content (AvgIpc) is 3.30. The Balaban J connectivity index is 1.41. The zero-order chi connectivity index (χ0) is 25.6. The van der Waals surface area contributed by atoms with E-state index in [0.29, 0.717) is 18.0 Å². The van der Waals surface area contributed by atoms with Crippen LogP contribution in [0.25, 0.3) is 5.65 Å². The Labute approximate surface area is 218 Å². The molecule has 2 aliphatic rings. The van der Waals surface area contributed by atoms with Gasteiger partial charge in [0.2, 0.25) is 0 Å². The first kappa shape index (κ1) is 25.1. The molecule has 2 atom stereocenters. The number of aliphatic carboxylic acids is 1. The predicted molar refractivity (Wildman–Crippen MR) is 145 cm³/mol. The zero-order valence-corrected chi connectivity index (χ0v) is 21.2. The van der Waals surface area contributed by atoms with Gasteiger partial charge in [-0.3, -0.25) is 14.0 Å². The van der Waals surface area contributed by atoms with Gasteiger partial charge in [0.15, 0.2) is 0 Å². The number of aromatic nitrogens is 2. The van der Waals surface area contributed by atoms with E-state index in [1.165, 1.54) is 12.0 Å². The minimum absolute atomic E-state index is 0.0467. The summed E-state index contributed by atoms with van der Waals surface area (Å²) in [6.45, 7) is 0.685. The summed E-state index contributed by atoms with van der Waals surface area (Å²) in [5, 5.41) is 16.1. The van der Waals surface area contributed by atoms with Crippen molar-refractivity contribution in [2.24, 2.45) is 5.92 Å². The summed E-state index contributed by atoms with van der Waals surface area (Å²) in [5.41, 5.74) is 3.45. The second kappa shape index (κ2) is 11.6. The summed E-state index contributed by atoms with van der Waals surface area (Å²) in [7, 11) is 0. The minimum Gasteiger partial charge on any atom is -0.481 e. The number of benzene rings is 1. The van der Waals surface area contributed by atoms with Crippen molar-refractivity contribution in [3.8, 4) is 0 Å². The van der Waals surface area contributed by atoms with E-state index in [1.54, 1.807) is 6.07 Å². The van der Waals surface area contributed by atoms with Crippen LogP contribution in [0, 0.1) is 5.92 Å². The lowest BCUT2D eigenvalue weighted by Crippen LogP contribution is -2.42. The highest BCUT2D eigenvalue weighted by atomic mass is 16.4. The molecule has 2 aromatic heterocycles. The highest BCUT2D eigenvalue weighted by Gasteiger charge is 2.28. The molecule has 2 heterocycles. The number of carbonyl (C=O) groups is 2. The molecule has 5 rings (SSSR count). The number of anilines is 1. The van der Waals surface area contributed by atoms with Crippen LogP contribution in [-0.2, 0) is 11.3 Å². The summed E-state index contributed by atoms with van der Waals surface area (Å²) in [6, 6.07) is 13.6. The number of pyridine rings is 1. The van der Waals surface area contributed by atoms with Crippen molar-refractivity contribution < 1.29 is 14.7 Å². The number of nitrogens with one attached hydrogen (secondary N) is 2. The van der Waals surface area contributed by atoms with Gasteiger partial charge in [0.1, 0.15) is 11.5 Å². The van der Waals surface area contributed by atoms with Crippen LogP contribution in [0.5, 0.6) is 0 Å². The number of imidazole rings is 1. The number of hydrogen-bond acceptors (Lipinski definition) is 4. The Bertz CT molecular complexity index is 1260. The van der Waals surface area contributed by atoms with Crippen LogP contribution in [0.15, 0.2) is 60.8 Å². The molecular formula is C30H36N4O3. The van der Waals surface area contributed by atoms with E-state index in [0.717, 1.165) is 62.1 Å². The number of hydrogen-bond donors (Lipinski definition) is 3. The number of rotatable bonds is 9. The smallest absolute Gasteiger partial charge is 0.305 e. The van der Waals surface area contributed by atoms with Crippen molar-refractivity contribution >= 4 is 23.3 Å². The molecule has 2 aliphatic carbocycles. The lowest BCUT2D eigenvalue weighted by atomic mass is 9.82. The maximum Gasteiger partial charge on any atom is 0.305 e.